The maximum Gasteiger partial charge on any atom is 0.326 e. The zero-order chi connectivity index (χ0) is 19.8. The third-order valence-electron chi connectivity index (χ3n) is 3.38. The summed E-state index contributed by atoms with van der Waals surface area (Å²) >= 11 is 1.12. The van der Waals surface area contributed by atoms with Gasteiger partial charge in [-0.3, -0.25) is 19.3 Å². The van der Waals surface area contributed by atoms with E-state index in [2.05, 4.69) is 15.5 Å². The number of amides is 2. The molecule has 0 radical (unpaired) electrons. The molecule has 0 saturated carbocycles. The number of nitrogens with one attached hydrogen (secondary N) is 1. The Kier molecular flexibility index (Phi) is 7.54. The third-order valence-corrected chi connectivity index (χ3v) is 4.54. The SMILES string of the molecule is CCOC(=O)CN1C(=O)C(CC(=O)Nc2ccccc2)SC1=NN=C(C)C. The highest BCUT2D eigenvalue weighted by molar-refractivity contribution is 8.15. The highest BCUT2D eigenvalue weighted by atomic mass is 32.2. The molecule has 1 aliphatic heterocycles. The van der Waals surface area contributed by atoms with Crippen LogP contribution in [0, 0.1) is 0 Å². The Bertz CT molecular complexity index is 760. The highest BCUT2D eigenvalue weighted by Gasteiger charge is 2.40. The van der Waals surface area contributed by atoms with Crippen LogP contribution in [0.2, 0.25) is 0 Å². The third kappa shape index (κ3) is 6.21. The first-order chi connectivity index (χ1) is 12.9. The lowest BCUT2D eigenvalue weighted by Gasteiger charge is -2.14. The summed E-state index contributed by atoms with van der Waals surface area (Å²) in [6, 6.07) is 8.99. The zero-order valence-electron chi connectivity index (χ0n) is 15.5. The topological polar surface area (TPSA) is 100 Å². The minimum atomic E-state index is -0.672. The Balaban J connectivity index is 2.09. The predicted molar refractivity (Wildman–Crippen MR) is 106 cm³/mol. The van der Waals surface area contributed by atoms with E-state index < -0.39 is 11.2 Å². The number of hydrogen-bond donors (Lipinski definition) is 1. The second-order valence-corrected chi connectivity index (χ2v) is 7.05. The smallest absolute Gasteiger partial charge is 0.326 e. The van der Waals surface area contributed by atoms with Gasteiger partial charge >= 0.3 is 5.97 Å². The number of nitrogens with zero attached hydrogens (tertiary/aromatic N) is 3. The quantitative estimate of drug-likeness (QED) is 0.437. The summed E-state index contributed by atoms with van der Waals surface area (Å²) in [6.07, 6.45) is -0.0361. The lowest BCUT2D eigenvalue weighted by molar-refractivity contribution is -0.146. The van der Waals surface area contributed by atoms with Gasteiger partial charge in [0.25, 0.3) is 0 Å². The summed E-state index contributed by atoms with van der Waals surface area (Å²) < 4.78 is 4.91. The van der Waals surface area contributed by atoms with Gasteiger partial charge in [0.1, 0.15) is 11.8 Å². The van der Waals surface area contributed by atoms with E-state index in [4.69, 9.17) is 4.74 Å². The van der Waals surface area contributed by atoms with Crippen molar-refractivity contribution in [2.24, 2.45) is 10.2 Å². The summed E-state index contributed by atoms with van der Waals surface area (Å²) in [5, 5.41) is 10.4. The molecule has 1 N–H and O–H groups in total. The molecule has 0 aromatic heterocycles. The van der Waals surface area contributed by atoms with Gasteiger partial charge in [-0.05, 0) is 32.9 Å². The second kappa shape index (κ2) is 9.86. The molecule has 1 fully saturated rings. The molecule has 1 saturated heterocycles. The lowest BCUT2D eigenvalue weighted by atomic mass is 10.2. The summed E-state index contributed by atoms with van der Waals surface area (Å²) in [7, 11) is 0. The van der Waals surface area contributed by atoms with Crippen molar-refractivity contribution in [2.75, 3.05) is 18.5 Å². The van der Waals surface area contributed by atoms with Crippen LogP contribution in [0.3, 0.4) is 0 Å². The molecule has 2 rings (SSSR count). The van der Waals surface area contributed by atoms with E-state index in [0.29, 0.717) is 11.4 Å². The van der Waals surface area contributed by atoms with Crippen LogP contribution in [-0.4, -0.2) is 52.0 Å². The Morgan fingerprint density at radius 3 is 2.59 bits per heavy atom. The Morgan fingerprint density at radius 2 is 1.96 bits per heavy atom. The number of anilines is 1. The van der Waals surface area contributed by atoms with Gasteiger partial charge < -0.3 is 10.1 Å². The van der Waals surface area contributed by atoms with E-state index in [0.717, 1.165) is 11.8 Å². The van der Waals surface area contributed by atoms with Crippen LogP contribution in [0.5, 0.6) is 0 Å². The summed E-state index contributed by atoms with van der Waals surface area (Å²) in [4.78, 5) is 38.0. The molecule has 1 aliphatic rings. The molecule has 0 spiro atoms. The molecule has 8 nitrogen and oxygen atoms in total. The van der Waals surface area contributed by atoms with Gasteiger partial charge in [0.05, 0.1) is 6.61 Å². The normalized spacial score (nSPS) is 17.7. The maximum absolute atomic E-state index is 12.7. The molecule has 1 unspecified atom stereocenters. The molecule has 1 aromatic carbocycles. The van der Waals surface area contributed by atoms with Crippen molar-refractivity contribution in [3.8, 4) is 0 Å². The molecule has 1 heterocycles. The van der Waals surface area contributed by atoms with Crippen molar-refractivity contribution in [1.82, 2.24) is 4.90 Å². The first kappa shape index (κ1) is 20.6. The number of hydrogen-bond acceptors (Lipinski definition) is 7. The van der Waals surface area contributed by atoms with Gasteiger partial charge in [-0.15, -0.1) is 5.10 Å². The average molecular weight is 390 g/mol. The fourth-order valence-electron chi connectivity index (χ4n) is 2.24. The fourth-order valence-corrected chi connectivity index (χ4v) is 3.33. The molecular weight excluding hydrogens is 368 g/mol. The number of carbonyl (C=O) groups excluding carboxylic acids is 3. The lowest BCUT2D eigenvalue weighted by Crippen LogP contribution is -2.38. The van der Waals surface area contributed by atoms with E-state index in [-0.39, 0.29) is 36.6 Å². The minimum absolute atomic E-state index is 0.0361. The van der Waals surface area contributed by atoms with Gasteiger partial charge in [-0.1, -0.05) is 30.0 Å². The number of para-hydroxylation sites is 1. The Labute approximate surface area is 162 Å². The molecular formula is C18H22N4O4S. The van der Waals surface area contributed by atoms with Crippen molar-refractivity contribution < 1.29 is 19.1 Å². The van der Waals surface area contributed by atoms with E-state index in [1.54, 1.807) is 32.9 Å². The number of ether oxygens (including phenoxy) is 1. The van der Waals surface area contributed by atoms with Crippen LogP contribution in [0.4, 0.5) is 5.69 Å². The van der Waals surface area contributed by atoms with Crippen molar-refractivity contribution in [3.05, 3.63) is 30.3 Å². The minimum Gasteiger partial charge on any atom is -0.465 e. The molecule has 1 atom stereocenters. The molecule has 2 amide bonds. The molecule has 0 aliphatic carbocycles. The monoisotopic (exact) mass is 390 g/mol. The van der Waals surface area contributed by atoms with E-state index >= 15 is 0 Å². The Morgan fingerprint density at radius 1 is 1.26 bits per heavy atom. The number of amidine groups is 1. The van der Waals surface area contributed by atoms with Gasteiger partial charge in [-0.2, -0.15) is 5.10 Å². The fraction of sp³-hybridized carbons (Fsp3) is 0.389. The molecule has 0 bridgehead atoms. The molecule has 9 heteroatoms. The average Bonchev–Trinajstić information content (AvgIpc) is 2.90. The van der Waals surface area contributed by atoms with Crippen LogP contribution in [-0.2, 0) is 19.1 Å². The van der Waals surface area contributed by atoms with Crippen molar-refractivity contribution in [2.45, 2.75) is 32.4 Å². The number of thioether (sulfide) groups is 1. The van der Waals surface area contributed by atoms with Crippen LogP contribution in [0.25, 0.3) is 0 Å². The van der Waals surface area contributed by atoms with Crippen LogP contribution in [0.1, 0.15) is 27.2 Å². The summed E-state index contributed by atoms with van der Waals surface area (Å²) in [5.74, 6) is -1.19. The van der Waals surface area contributed by atoms with E-state index in [1.807, 2.05) is 18.2 Å². The van der Waals surface area contributed by atoms with Gasteiger partial charge in [0.15, 0.2) is 5.17 Å². The highest BCUT2D eigenvalue weighted by Crippen LogP contribution is 2.30. The number of benzene rings is 1. The van der Waals surface area contributed by atoms with Crippen molar-refractivity contribution in [3.63, 3.8) is 0 Å². The number of rotatable bonds is 7. The van der Waals surface area contributed by atoms with Crippen molar-refractivity contribution in [1.29, 1.82) is 0 Å². The second-order valence-electron chi connectivity index (χ2n) is 5.88. The standard InChI is InChI=1S/C18H22N4O4S/c1-4-26-16(24)11-22-17(25)14(27-18(22)21-20-12(2)3)10-15(23)19-13-8-6-5-7-9-13/h5-9,14H,4,10-11H2,1-3H3,(H,19,23). The molecule has 144 valence electrons. The van der Waals surface area contributed by atoms with Gasteiger partial charge in [0.2, 0.25) is 11.8 Å². The predicted octanol–water partition coefficient (Wildman–Crippen LogP) is 2.27. The number of esters is 1. The van der Waals surface area contributed by atoms with Gasteiger partial charge in [-0.25, -0.2) is 0 Å². The molecule has 27 heavy (non-hydrogen) atoms. The number of carbonyl (C=O) groups is 3. The summed E-state index contributed by atoms with van der Waals surface area (Å²) in [6.45, 7) is 5.19. The van der Waals surface area contributed by atoms with E-state index in [9.17, 15) is 14.4 Å². The van der Waals surface area contributed by atoms with E-state index in [1.165, 1.54) is 4.90 Å². The summed E-state index contributed by atoms with van der Waals surface area (Å²) in [5.41, 5.74) is 1.36. The van der Waals surface area contributed by atoms with Crippen LogP contribution >= 0.6 is 11.8 Å². The maximum atomic E-state index is 12.7. The zero-order valence-corrected chi connectivity index (χ0v) is 16.3. The Hall–Kier alpha value is -2.68. The van der Waals surface area contributed by atoms with Crippen LogP contribution < -0.4 is 5.32 Å². The first-order valence-corrected chi connectivity index (χ1v) is 9.36. The first-order valence-electron chi connectivity index (χ1n) is 8.48. The largest absolute Gasteiger partial charge is 0.465 e. The van der Waals surface area contributed by atoms with Crippen molar-refractivity contribution >= 4 is 46.1 Å². The van der Waals surface area contributed by atoms with Gasteiger partial charge in [0, 0.05) is 17.8 Å². The molecule has 1 aromatic rings. The van der Waals surface area contributed by atoms with Crippen LogP contribution in [0.15, 0.2) is 40.5 Å².